The summed E-state index contributed by atoms with van der Waals surface area (Å²) in [4.78, 5) is 38.5. The molecule has 3 aliphatic rings. The van der Waals surface area contributed by atoms with E-state index in [9.17, 15) is 14.7 Å². The summed E-state index contributed by atoms with van der Waals surface area (Å²) < 4.78 is 0. The molecule has 0 spiro atoms. The van der Waals surface area contributed by atoms with Crippen LogP contribution in [0.1, 0.15) is 84.6 Å². The highest BCUT2D eigenvalue weighted by atomic mass is 32.1. The van der Waals surface area contributed by atoms with E-state index in [2.05, 4.69) is 34.4 Å². The van der Waals surface area contributed by atoms with Crippen molar-refractivity contribution in [1.29, 1.82) is 0 Å². The van der Waals surface area contributed by atoms with Crippen LogP contribution in [0, 0.1) is 6.92 Å². The van der Waals surface area contributed by atoms with Crippen molar-refractivity contribution >= 4 is 29.0 Å². The Morgan fingerprint density at radius 2 is 1.91 bits per heavy atom. The minimum absolute atomic E-state index is 0.0832. The lowest BCUT2D eigenvalue weighted by Crippen LogP contribution is -2.50. The molecule has 8 nitrogen and oxygen atoms in total. The summed E-state index contributed by atoms with van der Waals surface area (Å²) in [6.45, 7) is 6.23. The van der Waals surface area contributed by atoms with Gasteiger partial charge in [-0.2, -0.15) is 0 Å². The standard InChI is InChI=1S/C25H33N5O3S/c1-4-14(3)27-20-11-13(2)17(12-26-20)22-21(25(33)30-15-5-6-16(30)8-7-15)29-24(34-22)23(32)28-18-9-10-19(18)31/h11-12,14-16,18-19,31H,4-10H2,1-3H3,(H,26,27)(H,28,32)/t14-,15?,16?,18+,19+/m1/s1. The third-order valence-electron chi connectivity index (χ3n) is 7.63. The number of nitrogens with zero attached hydrogens (tertiary/aromatic N) is 3. The molecule has 9 heteroatoms. The lowest BCUT2D eigenvalue weighted by Gasteiger charge is -2.32. The van der Waals surface area contributed by atoms with Crippen LogP contribution < -0.4 is 10.6 Å². The molecule has 2 bridgehead atoms. The normalized spacial score (nSPS) is 26.3. The zero-order valence-electron chi connectivity index (χ0n) is 20.0. The van der Waals surface area contributed by atoms with E-state index in [0.29, 0.717) is 23.0 Å². The van der Waals surface area contributed by atoms with E-state index in [1.165, 1.54) is 11.3 Å². The lowest BCUT2D eigenvalue weighted by molar-refractivity contribution is 0.0447. The van der Waals surface area contributed by atoms with Gasteiger partial charge in [-0.15, -0.1) is 11.3 Å². The van der Waals surface area contributed by atoms with Crippen LogP contribution in [-0.2, 0) is 0 Å². The number of fused-ring (bicyclic) bond motifs is 2. The van der Waals surface area contributed by atoms with Crippen molar-refractivity contribution in [3.05, 3.63) is 28.5 Å². The van der Waals surface area contributed by atoms with E-state index >= 15 is 0 Å². The zero-order chi connectivity index (χ0) is 24.0. The number of nitrogens with one attached hydrogen (secondary N) is 2. The van der Waals surface area contributed by atoms with Gasteiger partial charge in [-0.25, -0.2) is 9.97 Å². The van der Waals surface area contributed by atoms with Crippen molar-refractivity contribution in [2.75, 3.05) is 5.32 Å². The molecule has 3 atom stereocenters. The summed E-state index contributed by atoms with van der Waals surface area (Å²) in [6, 6.07) is 2.59. The molecule has 2 aliphatic heterocycles. The van der Waals surface area contributed by atoms with Crippen molar-refractivity contribution in [1.82, 2.24) is 20.2 Å². The van der Waals surface area contributed by atoms with Crippen LogP contribution in [-0.4, -0.2) is 62.1 Å². The largest absolute Gasteiger partial charge is 0.391 e. The Morgan fingerprint density at radius 3 is 2.47 bits per heavy atom. The van der Waals surface area contributed by atoms with Crippen molar-refractivity contribution in [2.24, 2.45) is 0 Å². The van der Waals surface area contributed by atoms with Crippen LogP contribution in [0.3, 0.4) is 0 Å². The van der Waals surface area contributed by atoms with E-state index < -0.39 is 6.10 Å². The Bertz CT molecular complexity index is 1080. The maximum Gasteiger partial charge on any atom is 0.280 e. The quantitative estimate of drug-likeness (QED) is 0.554. The van der Waals surface area contributed by atoms with Gasteiger partial charge in [0.2, 0.25) is 0 Å². The Balaban J connectivity index is 1.49. The molecule has 5 rings (SSSR count). The number of carbonyl (C=O) groups excluding carboxylic acids is 2. The van der Waals surface area contributed by atoms with Crippen LogP contribution >= 0.6 is 11.3 Å². The van der Waals surface area contributed by atoms with E-state index in [1.54, 1.807) is 6.20 Å². The fourth-order valence-corrected chi connectivity index (χ4v) is 6.25. The molecule has 4 heterocycles. The Hall–Kier alpha value is -2.52. The number of rotatable bonds is 7. The number of amides is 2. The van der Waals surface area contributed by atoms with Crippen LogP contribution in [0.4, 0.5) is 5.82 Å². The van der Waals surface area contributed by atoms with Crippen molar-refractivity contribution in [3.63, 3.8) is 0 Å². The second kappa shape index (κ2) is 9.26. The first-order valence-electron chi connectivity index (χ1n) is 12.4. The minimum Gasteiger partial charge on any atom is -0.391 e. The SMILES string of the molecule is CC[C@@H](C)Nc1cc(C)c(-c2sc(C(=O)N[C@H]3CC[C@@H]3O)nc2C(=O)N2C3CCC2CC3)cn1. The molecule has 2 aromatic rings. The van der Waals surface area contributed by atoms with Gasteiger partial charge in [-0.1, -0.05) is 6.92 Å². The summed E-state index contributed by atoms with van der Waals surface area (Å²) in [6.07, 6.45) is 7.86. The Kier molecular flexibility index (Phi) is 6.33. The molecule has 1 aliphatic carbocycles. The van der Waals surface area contributed by atoms with Crippen LogP contribution in [0.15, 0.2) is 12.3 Å². The molecule has 2 amide bonds. The van der Waals surface area contributed by atoms with Gasteiger partial charge in [0.25, 0.3) is 11.8 Å². The Morgan fingerprint density at radius 1 is 1.21 bits per heavy atom. The molecule has 1 saturated carbocycles. The van der Waals surface area contributed by atoms with E-state index in [1.807, 2.05) is 17.9 Å². The topological polar surface area (TPSA) is 107 Å². The molecule has 3 N–H and O–H groups in total. The average Bonchev–Trinajstić information content (AvgIpc) is 3.55. The fraction of sp³-hybridized carbons (Fsp3) is 0.600. The van der Waals surface area contributed by atoms with E-state index in [-0.39, 0.29) is 34.9 Å². The third kappa shape index (κ3) is 4.20. The first kappa shape index (κ1) is 23.2. The zero-order valence-corrected chi connectivity index (χ0v) is 20.8. The lowest BCUT2D eigenvalue weighted by atomic mass is 9.89. The fourth-order valence-electron chi connectivity index (χ4n) is 5.22. The number of carbonyl (C=O) groups is 2. The molecule has 2 aromatic heterocycles. The van der Waals surface area contributed by atoms with Gasteiger partial charge in [0, 0.05) is 29.9 Å². The van der Waals surface area contributed by atoms with Gasteiger partial charge in [-0.3, -0.25) is 9.59 Å². The number of aliphatic hydroxyl groups excluding tert-OH is 1. The van der Waals surface area contributed by atoms with Crippen molar-refractivity contribution in [2.45, 2.75) is 96.0 Å². The maximum absolute atomic E-state index is 13.7. The summed E-state index contributed by atoms with van der Waals surface area (Å²) >= 11 is 1.23. The molecule has 0 unspecified atom stereocenters. The molecular weight excluding hydrogens is 450 g/mol. The smallest absolute Gasteiger partial charge is 0.280 e. The van der Waals surface area contributed by atoms with Gasteiger partial charge in [0.1, 0.15) is 11.5 Å². The van der Waals surface area contributed by atoms with Gasteiger partial charge in [-0.05, 0) is 70.4 Å². The number of thiazole rings is 1. The summed E-state index contributed by atoms with van der Waals surface area (Å²) in [7, 11) is 0. The summed E-state index contributed by atoms with van der Waals surface area (Å²) in [5, 5.41) is 16.4. The van der Waals surface area contributed by atoms with Crippen LogP contribution in [0.5, 0.6) is 0 Å². The molecule has 0 radical (unpaired) electrons. The third-order valence-corrected chi connectivity index (χ3v) is 8.72. The highest BCUT2D eigenvalue weighted by Crippen LogP contribution is 2.41. The summed E-state index contributed by atoms with van der Waals surface area (Å²) in [5.74, 6) is 0.377. The van der Waals surface area contributed by atoms with Gasteiger partial charge < -0.3 is 20.6 Å². The minimum atomic E-state index is -0.512. The number of aliphatic hydroxyl groups is 1. The molecule has 3 fully saturated rings. The number of pyridine rings is 1. The first-order valence-corrected chi connectivity index (χ1v) is 13.2. The predicted octanol–water partition coefficient (Wildman–Crippen LogP) is 3.74. The molecule has 182 valence electrons. The second-order valence-electron chi connectivity index (χ2n) is 9.93. The van der Waals surface area contributed by atoms with Crippen LogP contribution in [0.25, 0.3) is 10.4 Å². The number of aryl methyl sites for hydroxylation is 1. The van der Waals surface area contributed by atoms with Crippen molar-refractivity contribution in [3.8, 4) is 10.4 Å². The van der Waals surface area contributed by atoms with E-state index in [0.717, 1.165) is 55.5 Å². The number of hydrogen-bond acceptors (Lipinski definition) is 7. The number of aromatic nitrogens is 2. The maximum atomic E-state index is 13.7. The number of hydrogen-bond donors (Lipinski definition) is 3. The first-order chi connectivity index (χ1) is 16.4. The molecular formula is C25H33N5O3S. The van der Waals surface area contributed by atoms with Crippen molar-refractivity contribution < 1.29 is 14.7 Å². The van der Waals surface area contributed by atoms with Crippen LogP contribution in [0.2, 0.25) is 0 Å². The average molecular weight is 484 g/mol. The van der Waals surface area contributed by atoms with Gasteiger partial charge in [0.05, 0.1) is 17.0 Å². The second-order valence-corrected chi connectivity index (χ2v) is 10.9. The molecule has 0 aromatic carbocycles. The highest BCUT2D eigenvalue weighted by Gasteiger charge is 2.44. The highest BCUT2D eigenvalue weighted by molar-refractivity contribution is 7.17. The monoisotopic (exact) mass is 483 g/mol. The summed E-state index contributed by atoms with van der Waals surface area (Å²) in [5.41, 5.74) is 2.14. The predicted molar refractivity (Wildman–Crippen MR) is 132 cm³/mol. The number of anilines is 1. The van der Waals surface area contributed by atoms with Gasteiger partial charge in [0.15, 0.2) is 5.01 Å². The molecule has 34 heavy (non-hydrogen) atoms. The van der Waals surface area contributed by atoms with E-state index in [4.69, 9.17) is 0 Å². The van der Waals surface area contributed by atoms with Gasteiger partial charge >= 0.3 is 0 Å². The Labute approximate surface area is 204 Å². The molecule has 2 saturated heterocycles.